The van der Waals surface area contributed by atoms with Gasteiger partial charge >= 0.3 is 11.9 Å². The monoisotopic (exact) mass is 237 g/mol. The lowest BCUT2D eigenvalue weighted by Gasteiger charge is -2.03. The highest BCUT2D eigenvalue weighted by Gasteiger charge is 2.12. The molecule has 0 bridgehead atoms. The Kier molecular flexibility index (Phi) is 3.82. The number of hydrogen-bond donors (Lipinski definition) is 3. The molecule has 0 spiro atoms. The van der Waals surface area contributed by atoms with Gasteiger partial charge in [-0.25, -0.2) is 9.59 Å². The van der Waals surface area contributed by atoms with Crippen molar-refractivity contribution in [3.05, 3.63) is 29.3 Å². The Labute approximate surface area is 96.9 Å². The minimum atomic E-state index is -1.26. The van der Waals surface area contributed by atoms with E-state index in [1.54, 1.807) is 0 Å². The number of benzene rings is 1. The fraction of sp³-hybridized carbons (Fsp3) is 0.182. The number of carboxylic acid groups (broad SMARTS) is 2. The largest absolute Gasteiger partial charge is 0.506 e. The lowest BCUT2D eigenvalue weighted by molar-refractivity contribution is -0.137. The molecule has 6 nitrogen and oxygen atoms in total. The van der Waals surface area contributed by atoms with Crippen molar-refractivity contribution >= 4 is 18.2 Å². The van der Waals surface area contributed by atoms with E-state index < -0.39 is 23.7 Å². The normalized spacial score (nSPS) is 12.5. The average molecular weight is 237 g/mol. The molecular formula is C11H11NO5. The standard InChI is InChI=1S/C11H11NO5/c1-6(10(14)15)12-5-7-3-2-4-8(9(7)13)11(16)17/h2-6,13H,1H3,(H,14,15)(H,16,17)/t6-/m0/s1. The molecule has 0 aromatic heterocycles. The van der Waals surface area contributed by atoms with E-state index in [2.05, 4.69) is 4.99 Å². The van der Waals surface area contributed by atoms with Gasteiger partial charge in [-0.15, -0.1) is 0 Å². The summed E-state index contributed by atoms with van der Waals surface area (Å²) in [6.45, 7) is 1.37. The Balaban J connectivity index is 3.04. The number of para-hydroxylation sites is 1. The van der Waals surface area contributed by atoms with E-state index in [9.17, 15) is 14.7 Å². The lowest BCUT2D eigenvalue weighted by atomic mass is 10.1. The van der Waals surface area contributed by atoms with Crippen LogP contribution in [0.4, 0.5) is 0 Å². The summed E-state index contributed by atoms with van der Waals surface area (Å²) < 4.78 is 0. The van der Waals surface area contributed by atoms with Gasteiger partial charge in [-0.3, -0.25) is 4.99 Å². The molecule has 0 saturated carbocycles. The maximum absolute atomic E-state index is 10.7. The molecule has 1 atom stereocenters. The SMILES string of the molecule is C[C@H](N=Cc1cccc(C(=O)O)c1O)C(=O)O. The molecule has 90 valence electrons. The molecule has 0 saturated heterocycles. The molecule has 6 heteroatoms. The first-order chi connectivity index (χ1) is 7.93. The molecule has 1 aromatic rings. The van der Waals surface area contributed by atoms with Crippen molar-refractivity contribution in [2.75, 3.05) is 0 Å². The fourth-order valence-electron chi connectivity index (χ4n) is 1.09. The van der Waals surface area contributed by atoms with Crippen molar-refractivity contribution in [3.63, 3.8) is 0 Å². The van der Waals surface area contributed by atoms with E-state index in [-0.39, 0.29) is 11.1 Å². The third-order valence-electron chi connectivity index (χ3n) is 2.09. The maximum Gasteiger partial charge on any atom is 0.339 e. The zero-order chi connectivity index (χ0) is 13.0. The number of aromatic carboxylic acids is 1. The molecule has 0 unspecified atom stereocenters. The maximum atomic E-state index is 10.7. The van der Waals surface area contributed by atoms with Crippen LogP contribution in [0.3, 0.4) is 0 Å². The number of phenols is 1. The van der Waals surface area contributed by atoms with Crippen molar-refractivity contribution in [3.8, 4) is 5.75 Å². The summed E-state index contributed by atoms with van der Waals surface area (Å²) in [4.78, 5) is 24.9. The van der Waals surface area contributed by atoms with E-state index in [1.165, 1.54) is 25.1 Å². The lowest BCUT2D eigenvalue weighted by Crippen LogP contribution is -2.13. The second-order valence-electron chi connectivity index (χ2n) is 3.34. The molecular weight excluding hydrogens is 226 g/mol. The van der Waals surface area contributed by atoms with Gasteiger partial charge in [0.05, 0.1) is 0 Å². The van der Waals surface area contributed by atoms with E-state index >= 15 is 0 Å². The van der Waals surface area contributed by atoms with Gasteiger partial charge in [0.15, 0.2) is 0 Å². The molecule has 0 heterocycles. The topological polar surface area (TPSA) is 107 Å². The Morgan fingerprint density at radius 1 is 1.35 bits per heavy atom. The van der Waals surface area contributed by atoms with Gasteiger partial charge in [-0.05, 0) is 19.1 Å². The van der Waals surface area contributed by atoms with E-state index in [0.717, 1.165) is 6.21 Å². The quantitative estimate of drug-likeness (QED) is 0.676. The van der Waals surface area contributed by atoms with E-state index in [1.807, 2.05) is 0 Å². The van der Waals surface area contributed by atoms with E-state index in [4.69, 9.17) is 10.2 Å². The Morgan fingerprint density at radius 3 is 2.53 bits per heavy atom. The van der Waals surface area contributed by atoms with Crippen LogP contribution in [0, 0.1) is 0 Å². The molecule has 1 rings (SSSR count). The molecule has 17 heavy (non-hydrogen) atoms. The van der Waals surface area contributed by atoms with E-state index in [0.29, 0.717) is 0 Å². The van der Waals surface area contributed by atoms with Crippen LogP contribution in [-0.2, 0) is 4.79 Å². The molecule has 0 aliphatic heterocycles. The van der Waals surface area contributed by atoms with Crippen molar-refractivity contribution in [2.45, 2.75) is 13.0 Å². The van der Waals surface area contributed by atoms with Gasteiger partial charge in [0.2, 0.25) is 0 Å². The number of rotatable bonds is 4. The Morgan fingerprint density at radius 2 is 2.00 bits per heavy atom. The molecule has 1 aromatic carbocycles. The fourth-order valence-corrected chi connectivity index (χ4v) is 1.09. The second kappa shape index (κ2) is 5.11. The van der Waals surface area contributed by atoms with Crippen LogP contribution in [-0.4, -0.2) is 39.5 Å². The summed E-state index contributed by atoms with van der Waals surface area (Å²) in [6, 6.07) is 3.17. The highest BCUT2D eigenvalue weighted by Crippen LogP contribution is 2.20. The van der Waals surface area contributed by atoms with Gasteiger partial charge in [-0.1, -0.05) is 6.07 Å². The van der Waals surface area contributed by atoms with Gasteiger partial charge in [0, 0.05) is 11.8 Å². The van der Waals surface area contributed by atoms with Gasteiger partial charge in [0.25, 0.3) is 0 Å². The molecule has 0 fully saturated rings. The zero-order valence-electron chi connectivity index (χ0n) is 8.99. The summed E-state index contributed by atoms with van der Waals surface area (Å²) in [7, 11) is 0. The summed E-state index contributed by atoms with van der Waals surface area (Å²) in [5.74, 6) is -2.79. The van der Waals surface area contributed by atoms with Crippen LogP contribution in [0.2, 0.25) is 0 Å². The highest BCUT2D eigenvalue weighted by atomic mass is 16.4. The van der Waals surface area contributed by atoms with Crippen LogP contribution in [0.25, 0.3) is 0 Å². The summed E-state index contributed by atoms with van der Waals surface area (Å²) in [5, 5.41) is 27.0. The number of nitrogens with zero attached hydrogens (tertiary/aromatic N) is 1. The van der Waals surface area contributed by atoms with Crippen molar-refractivity contribution in [1.29, 1.82) is 0 Å². The smallest absolute Gasteiger partial charge is 0.339 e. The van der Waals surface area contributed by atoms with Crippen molar-refractivity contribution in [2.24, 2.45) is 4.99 Å². The third-order valence-corrected chi connectivity index (χ3v) is 2.09. The second-order valence-corrected chi connectivity index (χ2v) is 3.34. The van der Waals surface area contributed by atoms with Gasteiger partial charge < -0.3 is 15.3 Å². The minimum Gasteiger partial charge on any atom is -0.506 e. The van der Waals surface area contributed by atoms with Crippen LogP contribution in [0.1, 0.15) is 22.8 Å². The Hall–Kier alpha value is -2.37. The summed E-state index contributed by atoms with van der Waals surface area (Å²) in [6.07, 6.45) is 1.14. The van der Waals surface area contributed by atoms with Crippen LogP contribution in [0.5, 0.6) is 5.75 Å². The number of carboxylic acids is 2. The van der Waals surface area contributed by atoms with Crippen LogP contribution < -0.4 is 0 Å². The minimum absolute atomic E-state index is 0.165. The highest BCUT2D eigenvalue weighted by molar-refractivity contribution is 5.96. The number of carbonyl (C=O) groups is 2. The van der Waals surface area contributed by atoms with Crippen molar-refractivity contribution < 1.29 is 24.9 Å². The van der Waals surface area contributed by atoms with Gasteiger partial charge in [0.1, 0.15) is 17.4 Å². The first-order valence-electron chi connectivity index (χ1n) is 4.74. The van der Waals surface area contributed by atoms with Gasteiger partial charge in [-0.2, -0.15) is 0 Å². The zero-order valence-corrected chi connectivity index (χ0v) is 8.99. The Bertz CT molecular complexity index is 481. The first kappa shape index (κ1) is 12.7. The number of aliphatic carboxylic acids is 1. The van der Waals surface area contributed by atoms with Crippen LogP contribution in [0.15, 0.2) is 23.2 Å². The molecule has 3 N–H and O–H groups in total. The number of aromatic hydroxyl groups is 1. The average Bonchev–Trinajstić information content (AvgIpc) is 2.26. The first-order valence-corrected chi connectivity index (χ1v) is 4.74. The predicted molar refractivity (Wildman–Crippen MR) is 59.8 cm³/mol. The number of hydrogen-bond acceptors (Lipinski definition) is 4. The molecule has 0 aliphatic carbocycles. The van der Waals surface area contributed by atoms with Crippen LogP contribution >= 0.6 is 0 Å². The summed E-state index contributed by atoms with van der Waals surface area (Å²) in [5.41, 5.74) is -0.0880. The number of aliphatic imine (C=N–C) groups is 1. The predicted octanol–water partition coefficient (Wildman–Crippen LogP) is 0.982. The third kappa shape index (κ3) is 3.04. The van der Waals surface area contributed by atoms with Crippen molar-refractivity contribution in [1.82, 2.24) is 0 Å². The molecule has 0 amide bonds. The molecule has 0 radical (unpaired) electrons. The summed E-state index contributed by atoms with van der Waals surface area (Å²) >= 11 is 0. The molecule has 0 aliphatic rings.